The van der Waals surface area contributed by atoms with Gasteiger partial charge in [0.15, 0.2) is 0 Å². The maximum absolute atomic E-state index is 11.7. The molecule has 7 nitrogen and oxygen atoms in total. The van der Waals surface area contributed by atoms with Crippen molar-refractivity contribution in [2.75, 3.05) is 5.32 Å². The average Bonchev–Trinajstić information content (AvgIpc) is 2.69. The lowest BCUT2D eigenvalue weighted by molar-refractivity contribution is -0.385. The van der Waals surface area contributed by atoms with E-state index in [2.05, 4.69) is 36.1 Å². The summed E-state index contributed by atoms with van der Waals surface area (Å²) in [6, 6.07) is 15.1. The Hall–Kier alpha value is -3.48. The van der Waals surface area contributed by atoms with Crippen LogP contribution < -0.4 is 10.1 Å². The van der Waals surface area contributed by atoms with E-state index in [0.29, 0.717) is 17.4 Å². The summed E-state index contributed by atoms with van der Waals surface area (Å²) >= 11 is 0. The fourth-order valence-corrected chi connectivity index (χ4v) is 2.69. The Morgan fingerprint density at radius 1 is 1.07 bits per heavy atom. The van der Waals surface area contributed by atoms with Gasteiger partial charge in [0.25, 0.3) is 0 Å². The SMILES string of the molecule is CCc1ccc(Nc2ncnc(Oc3ccc(C(C)C)cc3)c2[N+](=O)[O-])cc1. The van der Waals surface area contributed by atoms with Gasteiger partial charge >= 0.3 is 11.6 Å². The van der Waals surface area contributed by atoms with Crippen molar-refractivity contribution in [1.82, 2.24) is 9.97 Å². The predicted molar refractivity (Wildman–Crippen MR) is 108 cm³/mol. The molecule has 7 heteroatoms. The molecule has 0 unspecified atom stereocenters. The Morgan fingerprint density at radius 2 is 1.75 bits per heavy atom. The zero-order valence-corrected chi connectivity index (χ0v) is 16.0. The standard InChI is InChI=1S/C21H22N4O3/c1-4-15-5-9-17(10-6-15)24-20-19(25(26)27)21(23-13-22-20)28-18-11-7-16(8-12-18)14(2)3/h5-14H,4H2,1-3H3,(H,22,23,24). The van der Waals surface area contributed by atoms with Crippen LogP contribution in [0.25, 0.3) is 0 Å². The van der Waals surface area contributed by atoms with Crippen LogP contribution in [0.2, 0.25) is 0 Å². The molecule has 0 aliphatic rings. The zero-order valence-electron chi connectivity index (χ0n) is 16.0. The topological polar surface area (TPSA) is 90.2 Å². The molecule has 0 bridgehead atoms. The predicted octanol–water partition coefficient (Wildman–Crippen LogP) is 5.61. The van der Waals surface area contributed by atoms with Crippen LogP contribution in [0.3, 0.4) is 0 Å². The molecule has 1 N–H and O–H groups in total. The van der Waals surface area contributed by atoms with E-state index < -0.39 is 4.92 Å². The summed E-state index contributed by atoms with van der Waals surface area (Å²) in [4.78, 5) is 19.1. The summed E-state index contributed by atoms with van der Waals surface area (Å²) < 4.78 is 5.69. The van der Waals surface area contributed by atoms with Gasteiger partial charge in [-0.15, -0.1) is 0 Å². The minimum absolute atomic E-state index is 0.0815. The molecule has 2 aromatic carbocycles. The Morgan fingerprint density at radius 3 is 2.32 bits per heavy atom. The molecule has 0 aliphatic carbocycles. The molecule has 28 heavy (non-hydrogen) atoms. The first-order chi connectivity index (χ1) is 13.5. The molecule has 3 rings (SSSR count). The van der Waals surface area contributed by atoms with E-state index in [9.17, 15) is 10.1 Å². The third-order valence-corrected chi connectivity index (χ3v) is 4.36. The molecule has 3 aromatic rings. The number of anilines is 2. The maximum atomic E-state index is 11.7. The highest BCUT2D eigenvalue weighted by molar-refractivity contribution is 5.68. The summed E-state index contributed by atoms with van der Waals surface area (Å²) in [6.45, 7) is 6.25. The monoisotopic (exact) mass is 378 g/mol. The van der Waals surface area contributed by atoms with E-state index in [4.69, 9.17) is 4.74 Å². The van der Waals surface area contributed by atoms with Gasteiger partial charge in [-0.25, -0.2) is 4.98 Å². The van der Waals surface area contributed by atoms with E-state index in [1.54, 1.807) is 12.1 Å². The number of nitrogens with zero attached hydrogens (tertiary/aromatic N) is 3. The lowest BCUT2D eigenvalue weighted by atomic mass is 10.0. The van der Waals surface area contributed by atoms with Crippen LogP contribution in [-0.4, -0.2) is 14.9 Å². The highest BCUT2D eigenvalue weighted by Gasteiger charge is 2.25. The number of rotatable bonds is 7. The minimum Gasteiger partial charge on any atom is -0.434 e. The van der Waals surface area contributed by atoms with Crippen molar-refractivity contribution in [3.8, 4) is 11.6 Å². The van der Waals surface area contributed by atoms with Crippen LogP contribution in [0.15, 0.2) is 54.9 Å². The summed E-state index contributed by atoms with van der Waals surface area (Å²) in [5.41, 5.74) is 2.72. The number of aryl methyl sites for hydroxylation is 1. The number of hydrogen-bond donors (Lipinski definition) is 1. The van der Waals surface area contributed by atoms with Crippen molar-refractivity contribution in [1.29, 1.82) is 0 Å². The van der Waals surface area contributed by atoms with Gasteiger partial charge in [-0.1, -0.05) is 45.0 Å². The van der Waals surface area contributed by atoms with Gasteiger partial charge in [0.2, 0.25) is 5.82 Å². The molecule has 0 fully saturated rings. The highest BCUT2D eigenvalue weighted by Crippen LogP contribution is 2.35. The van der Waals surface area contributed by atoms with Crippen molar-refractivity contribution in [3.63, 3.8) is 0 Å². The first kappa shape index (κ1) is 19.3. The third kappa shape index (κ3) is 4.43. The molecular formula is C21H22N4O3. The molecule has 0 atom stereocenters. The molecule has 0 radical (unpaired) electrons. The summed E-state index contributed by atoms with van der Waals surface area (Å²) in [6.07, 6.45) is 2.16. The van der Waals surface area contributed by atoms with Gasteiger partial charge in [-0.2, -0.15) is 4.98 Å². The van der Waals surface area contributed by atoms with E-state index in [1.165, 1.54) is 11.9 Å². The van der Waals surface area contributed by atoms with E-state index in [0.717, 1.165) is 12.0 Å². The molecule has 0 saturated heterocycles. The van der Waals surface area contributed by atoms with Crippen LogP contribution in [0.5, 0.6) is 11.6 Å². The second-order valence-corrected chi connectivity index (χ2v) is 6.63. The van der Waals surface area contributed by atoms with Crippen molar-refractivity contribution in [2.45, 2.75) is 33.1 Å². The molecule has 0 aliphatic heterocycles. The zero-order chi connectivity index (χ0) is 20.1. The van der Waals surface area contributed by atoms with Gasteiger partial charge in [-0.05, 0) is 47.7 Å². The lowest BCUT2D eigenvalue weighted by Crippen LogP contribution is -2.03. The van der Waals surface area contributed by atoms with E-state index in [1.807, 2.05) is 36.4 Å². The molecule has 0 saturated carbocycles. The largest absolute Gasteiger partial charge is 0.434 e. The van der Waals surface area contributed by atoms with Crippen LogP contribution >= 0.6 is 0 Å². The lowest BCUT2D eigenvalue weighted by Gasteiger charge is -2.10. The van der Waals surface area contributed by atoms with Crippen molar-refractivity contribution in [3.05, 3.63) is 76.1 Å². The highest BCUT2D eigenvalue weighted by atomic mass is 16.6. The van der Waals surface area contributed by atoms with Gasteiger partial charge < -0.3 is 10.1 Å². The van der Waals surface area contributed by atoms with Gasteiger partial charge in [0, 0.05) is 5.69 Å². The molecule has 1 aromatic heterocycles. The fraction of sp³-hybridized carbons (Fsp3) is 0.238. The maximum Gasteiger partial charge on any atom is 0.373 e. The smallest absolute Gasteiger partial charge is 0.373 e. The number of ether oxygens (including phenoxy) is 1. The van der Waals surface area contributed by atoms with Crippen LogP contribution in [0.4, 0.5) is 17.2 Å². The van der Waals surface area contributed by atoms with Crippen molar-refractivity contribution in [2.24, 2.45) is 0 Å². The van der Waals surface area contributed by atoms with E-state index >= 15 is 0 Å². The Bertz CT molecular complexity index is 954. The second-order valence-electron chi connectivity index (χ2n) is 6.63. The summed E-state index contributed by atoms with van der Waals surface area (Å²) in [7, 11) is 0. The fourth-order valence-electron chi connectivity index (χ4n) is 2.69. The van der Waals surface area contributed by atoms with Crippen molar-refractivity contribution >= 4 is 17.2 Å². The first-order valence-corrected chi connectivity index (χ1v) is 9.11. The Kier molecular flexibility index (Phi) is 5.84. The Labute approximate surface area is 163 Å². The number of benzene rings is 2. The number of nitro groups is 1. The summed E-state index contributed by atoms with van der Waals surface area (Å²) in [5, 5.41) is 14.7. The third-order valence-electron chi connectivity index (χ3n) is 4.36. The second kappa shape index (κ2) is 8.47. The average molecular weight is 378 g/mol. The van der Waals surface area contributed by atoms with Crippen LogP contribution in [-0.2, 0) is 6.42 Å². The van der Waals surface area contributed by atoms with Crippen molar-refractivity contribution < 1.29 is 9.66 Å². The molecule has 0 amide bonds. The molecular weight excluding hydrogens is 356 g/mol. The number of nitrogens with one attached hydrogen (secondary N) is 1. The molecule has 1 heterocycles. The van der Waals surface area contributed by atoms with Gasteiger partial charge in [0.05, 0.1) is 4.92 Å². The van der Waals surface area contributed by atoms with E-state index in [-0.39, 0.29) is 17.4 Å². The normalized spacial score (nSPS) is 10.7. The summed E-state index contributed by atoms with van der Waals surface area (Å²) in [5.74, 6) is 0.838. The molecule has 0 spiro atoms. The first-order valence-electron chi connectivity index (χ1n) is 9.11. The van der Waals surface area contributed by atoms with Gasteiger partial charge in [0.1, 0.15) is 12.1 Å². The quantitative estimate of drug-likeness (QED) is 0.425. The minimum atomic E-state index is -0.541. The van der Waals surface area contributed by atoms with Crippen LogP contribution in [0.1, 0.15) is 37.8 Å². The Balaban J connectivity index is 1.89. The number of hydrogen-bond acceptors (Lipinski definition) is 6. The molecule has 144 valence electrons. The number of aromatic nitrogens is 2. The van der Waals surface area contributed by atoms with Crippen LogP contribution in [0, 0.1) is 10.1 Å². The van der Waals surface area contributed by atoms with Gasteiger partial charge in [-0.3, -0.25) is 10.1 Å².